The molecule has 0 amide bonds. The number of nitrogens with one attached hydrogen (secondary N) is 1. The number of nitrogens with two attached hydrogens (primary N) is 1. The van der Waals surface area contributed by atoms with Crippen molar-refractivity contribution in [2.45, 2.75) is 52.0 Å². The van der Waals surface area contributed by atoms with Crippen LogP contribution in [0.4, 0.5) is 0 Å². The fraction of sp³-hybridized carbons (Fsp3) is 1.00. The van der Waals surface area contributed by atoms with E-state index in [0.717, 1.165) is 13.2 Å². The Kier molecular flexibility index (Phi) is 3.88. The van der Waals surface area contributed by atoms with Crippen molar-refractivity contribution in [3.8, 4) is 0 Å². The lowest BCUT2D eigenvalue weighted by atomic mass is 9.64. The van der Waals surface area contributed by atoms with Crippen LogP contribution in [0.25, 0.3) is 0 Å². The maximum absolute atomic E-state index is 5.80. The van der Waals surface area contributed by atoms with E-state index in [9.17, 15) is 0 Å². The molecule has 1 aliphatic carbocycles. The molecule has 1 heterocycles. The summed E-state index contributed by atoms with van der Waals surface area (Å²) in [7, 11) is 0. The van der Waals surface area contributed by atoms with E-state index in [-0.39, 0.29) is 0 Å². The average Bonchev–Trinajstić information content (AvgIpc) is 2.75. The van der Waals surface area contributed by atoms with Crippen molar-refractivity contribution in [3.63, 3.8) is 0 Å². The van der Waals surface area contributed by atoms with Crippen LogP contribution >= 0.6 is 0 Å². The number of hydrogen-bond donors (Lipinski definition) is 2. The van der Waals surface area contributed by atoms with Crippen molar-refractivity contribution in [2.24, 2.45) is 23.1 Å². The third-order valence-electron chi connectivity index (χ3n) is 4.69. The maximum atomic E-state index is 5.80. The van der Waals surface area contributed by atoms with Gasteiger partial charge in [-0.25, -0.2) is 0 Å². The van der Waals surface area contributed by atoms with E-state index in [4.69, 9.17) is 10.6 Å². The van der Waals surface area contributed by atoms with Gasteiger partial charge < -0.3 is 4.74 Å². The fourth-order valence-electron chi connectivity index (χ4n) is 3.60. The van der Waals surface area contributed by atoms with Crippen molar-refractivity contribution < 1.29 is 4.74 Å². The number of rotatable bonds is 3. The number of hydrazine groups is 1. The Hall–Kier alpha value is -0.120. The lowest BCUT2D eigenvalue weighted by Crippen LogP contribution is -2.51. The molecule has 1 aliphatic heterocycles. The molecule has 0 aromatic rings. The van der Waals surface area contributed by atoms with Crippen molar-refractivity contribution in [1.29, 1.82) is 0 Å². The second-order valence-corrected chi connectivity index (χ2v) is 6.16. The molecular weight excluding hydrogens is 200 g/mol. The maximum Gasteiger partial charge on any atom is 0.0510 e. The molecule has 0 aromatic heterocycles. The topological polar surface area (TPSA) is 47.3 Å². The smallest absolute Gasteiger partial charge is 0.0510 e. The van der Waals surface area contributed by atoms with Gasteiger partial charge in [0.25, 0.3) is 0 Å². The molecule has 0 spiro atoms. The third-order valence-corrected chi connectivity index (χ3v) is 4.69. The van der Waals surface area contributed by atoms with Gasteiger partial charge in [0.1, 0.15) is 0 Å². The van der Waals surface area contributed by atoms with Crippen LogP contribution in [0.1, 0.15) is 46.0 Å². The first kappa shape index (κ1) is 12.3. The standard InChI is InChI=1S/C13H26N2O/c1-13(2)7-4-3-5-11(13)12(15-14)10-6-8-16-9-10/h10-12,15H,3-9,14H2,1-2H3. The van der Waals surface area contributed by atoms with Crippen LogP contribution in [0.3, 0.4) is 0 Å². The molecule has 1 saturated carbocycles. The molecule has 3 atom stereocenters. The normalized spacial score (nSPS) is 36.2. The zero-order chi connectivity index (χ0) is 11.6. The van der Waals surface area contributed by atoms with Gasteiger partial charge >= 0.3 is 0 Å². The Bertz CT molecular complexity index is 224. The Morgan fingerprint density at radius 3 is 2.69 bits per heavy atom. The van der Waals surface area contributed by atoms with E-state index in [1.807, 2.05) is 0 Å². The molecule has 94 valence electrons. The van der Waals surface area contributed by atoms with Crippen LogP contribution in [-0.2, 0) is 4.74 Å². The van der Waals surface area contributed by atoms with E-state index in [0.29, 0.717) is 23.3 Å². The quantitative estimate of drug-likeness (QED) is 0.572. The van der Waals surface area contributed by atoms with E-state index >= 15 is 0 Å². The van der Waals surface area contributed by atoms with E-state index in [1.165, 1.54) is 32.1 Å². The average molecular weight is 226 g/mol. The van der Waals surface area contributed by atoms with E-state index in [2.05, 4.69) is 19.3 Å². The van der Waals surface area contributed by atoms with Crippen molar-refractivity contribution in [2.75, 3.05) is 13.2 Å². The molecule has 0 aromatic carbocycles. The van der Waals surface area contributed by atoms with Crippen LogP contribution in [-0.4, -0.2) is 19.3 Å². The van der Waals surface area contributed by atoms with Gasteiger partial charge in [0.15, 0.2) is 0 Å². The predicted octanol–water partition coefficient (Wildman–Crippen LogP) is 2.07. The first-order chi connectivity index (χ1) is 7.65. The third kappa shape index (κ3) is 2.41. The van der Waals surface area contributed by atoms with Crippen molar-refractivity contribution >= 4 is 0 Å². The van der Waals surface area contributed by atoms with Crippen molar-refractivity contribution in [3.05, 3.63) is 0 Å². The Morgan fingerprint density at radius 1 is 1.31 bits per heavy atom. The van der Waals surface area contributed by atoms with E-state index in [1.54, 1.807) is 0 Å². The Balaban J connectivity index is 2.06. The van der Waals surface area contributed by atoms with Crippen LogP contribution in [0.15, 0.2) is 0 Å². The van der Waals surface area contributed by atoms with Gasteiger partial charge in [-0.05, 0) is 30.6 Å². The summed E-state index contributed by atoms with van der Waals surface area (Å²) in [5.41, 5.74) is 3.52. The van der Waals surface area contributed by atoms with Gasteiger partial charge in [-0.1, -0.05) is 26.7 Å². The molecule has 1 saturated heterocycles. The molecule has 3 heteroatoms. The van der Waals surface area contributed by atoms with E-state index < -0.39 is 0 Å². The largest absolute Gasteiger partial charge is 0.381 e. The van der Waals surface area contributed by atoms with Crippen LogP contribution in [0.2, 0.25) is 0 Å². The summed E-state index contributed by atoms with van der Waals surface area (Å²) in [5.74, 6) is 7.12. The highest BCUT2D eigenvalue weighted by Gasteiger charge is 2.41. The molecule has 3 nitrogen and oxygen atoms in total. The predicted molar refractivity (Wildman–Crippen MR) is 65.8 cm³/mol. The minimum Gasteiger partial charge on any atom is -0.381 e. The summed E-state index contributed by atoms with van der Waals surface area (Å²) in [6.07, 6.45) is 6.56. The molecule has 16 heavy (non-hydrogen) atoms. The summed E-state index contributed by atoms with van der Waals surface area (Å²) >= 11 is 0. The number of ether oxygens (including phenoxy) is 1. The summed E-state index contributed by atoms with van der Waals surface area (Å²) in [6.45, 7) is 6.60. The second-order valence-electron chi connectivity index (χ2n) is 6.16. The van der Waals surface area contributed by atoms with Crippen LogP contribution in [0.5, 0.6) is 0 Å². The second kappa shape index (κ2) is 5.03. The summed E-state index contributed by atoms with van der Waals surface area (Å²) in [4.78, 5) is 0. The SMILES string of the molecule is CC1(C)CCCCC1C(NN)C1CCOC1. The van der Waals surface area contributed by atoms with Gasteiger partial charge in [-0.2, -0.15) is 0 Å². The lowest BCUT2D eigenvalue weighted by Gasteiger charge is -2.44. The highest BCUT2D eigenvalue weighted by atomic mass is 16.5. The van der Waals surface area contributed by atoms with Gasteiger partial charge in [-0.15, -0.1) is 0 Å². The van der Waals surface area contributed by atoms with Gasteiger partial charge in [-0.3, -0.25) is 11.3 Å². The monoisotopic (exact) mass is 226 g/mol. The van der Waals surface area contributed by atoms with Crippen molar-refractivity contribution in [1.82, 2.24) is 5.43 Å². The molecule has 3 N–H and O–H groups in total. The molecular formula is C13H26N2O. The molecule has 2 rings (SSSR count). The Labute approximate surface area is 99.1 Å². The van der Waals surface area contributed by atoms with Crippen LogP contribution in [0, 0.1) is 17.3 Å². The zero-order valence-corrected chi connectivity index (χ0v) is 10.7. The Morgan fingerprint density at radius 2 is 2.12 bits per heavy atom. The highest BCUT2D eigenvalue weighted by Crippen LogP contribution is 2.44. The zero-order valence-electron chi connectivity index (χ0n) is 10.7. The number of hydrogen-bond acceptors (Lipinski definition) is 3. The highest BCUT2D eigenvalue weighted by molar-refractivity contribution is 4.93. The summed E-state index contributed by atoms with van der Waals surface area (Å²) < 4.78 is 5.50. The molecule has 0 bridgehead atoms. The first-order valence-electron chi connectivity index (χ1n) is 6.69. The fourth-order valence-corrected chi connectivity index (χ4v) is 3.60. The molecule has 2 fully saturated rings. The molecule has 2 aliphatic rings. The van der Waals surface area contributed by atoms with Crippen LogP contribution < -0.4 is 11.3 Å². The molecule has 3 unspecified atom stereocenters. The first-order valence-corrected chi connectivity index (χ1v) is 6.69. The minimum absolute atomic E-state index is 0.428. The van der Waals surface area contributed by atoms with Gasteiger partial charge in [0.05, 0.1) is 6.61 Å². The summed E-state index contributed by atoms with van der Waals surface area (Å²) in [5, 5.41) is 0. The van der Waals surface area contributed by atoms with Gasteiger partial charge in [0, 0.05) is 18.6 Å². The summed E-state index contributed by atoms with van der Waals surface area (Å²) in [6, 6.07) is 0.442. The molecule has 0 radical (unpaired) electrons. The minimum atomic E-state index is 0.428. The van der Waals surface area contributed by atoms with Gasteiger partial charge in [0.2, 0.25) is 0 Å². The lowest BCUT2D eigenvalue weighted by molar-refractivity contribution is 0.0675.